The largest absolute Gasteiger partial charge is 0.378 e. The Bertz CT molecular complexity index is 136. The molecular weight excluding hydrogens is 162 g/mol. The summed E-state index contributed by atoms with van der Waals surface area (Å²) in [5.41, 5.74) is 0. The summed E-state index contributed by atoms with van der Waals surface area (Å²) in [6, 6.07) is 0. The van der Waals surface area contributed by atoms with Crippen molar-refractivity contribution in [3.63, 3.8) is 0 Å². The number of ether oxygens (including phenoxy) is 1. The molecule has 2 nitrogen and oxygen atoms in total. The third kappa shape index (κ3) is 4.10. The lowest BCUT2D eigenvalue weighted by Gasteiger charge is -2.29. The first kappa shape index (κ1) is 11.0. The molecule has 1 aliphatic heterocycles. The van der Waals surface area contributed by atoms with Gasteiger partial charge in [0.05, 0.1) is 6.10 Å². The second-order valence-corrected chi connectivity index (χ2v) is 4.56. The van der Waals surface area contributed by atoms with Crippen LogP contribution >= 0.6 is 0 Å². The molecule has 1 heterocycles. The highest BCUT2D eigenvalue weighted by atomic mass is 16.5. The molecule has 1 fully saturated rings. The first-order valence-corrected chi connectivity index (χ1v) is 5.52. The quantitative estimate of drug-likeness (QED) is 0.723. The van der Waals surface area contributed by atoms with Gasteiger partial charge in [-0.05, 0) is 31.2 Å². The van der Waals surface area contributed by atoms with E-state index >= 15 is 0 Å². The second kappa shape index (κ2) is 5.61. The average Bonchev–Trinajstić information content (AvgIpc) is 2.08. The van der Waals surface area contributed by atoms with Crippen LogP contribution < -0.4 is 5.32 Å². The van der Waals surface area contributed by atoms with Crippen molar-refractivity contribution in [3.8, 4) is 0 Å². The van der Waals surface area contributed by atoms with Crippen LogP contribution in [0.15, 0.2) is 0 Å². The van der Waals surface area contributed by atoms with Crippen LogP contribution in [0.3, 0.4) is 0 Å². The van der Waals surface area contributed by atoms with E-state index < -0.39 is 0 Å². The van der Waals surface area contributed by atoms with Gasteiger partial charge in [0.15, 0.2) is 0 Å². The number of piperidine rings is 1. The van der Waals surface area contributed by atoms with E-state index in [0.29, 0.717) is 12.0 Å². The summed E-state index contributed by atoms with van der Waals surface area (Å²) in [7, 11) is 0. The van der Waals surface area contributed by atoms with E-state index in [1.165, 1.54) is 12.8 Å². The van der Waals surface area contributed by atoms with Crippen LogP contribution in [0, 0.1) is 11.8 Å². The van der Waals surface area contributed by atoms with Gasteiger partial charge in [-0.15, -0.1) is 0 Å². The fraction of sp³-hybridized carbons (Fsp3) is 1.00. The minimum Gasteiger partial charge on any atom is -0.378 e. The molecule has 0 aromatic carbocycles. The normalized spacial score (nSPS) is 29.5. The van der Waals surface area contributed by atoms with Gasteiger partial charge in [0.2, 0.25) is 0 Å². The number of rotatable bonds is 4. The van der Waals surface area contributed by atoms with Crippen molar-refractivity contribution in [2.75, 3.05) is 19.7 Å². The van der Waals surface area contributed by atoms with Gasteiger partial charge in [-0.25, -0.2) is 0 Å². The zero-order valence-electron chi connectivity index (χ0n) is 9.18. The topological polar surface area (TPSA) is 21.3 Å². The molecule has 13 heavy (non-hydrogen) atoms. The number of nitrogens with one attached hydrogen (secondary N) is 1. The Kier molecular flexibility index (Phi) is 4.74. The number of hydrogen-bond acceptors (Lipinski definition) is 2. The van der Waals surface area contributed by atoms with Crippen molar-refractivity contribution in [2.45, 2.75) is 39.7 Å². The van der Waals surface area contributed by atoms with Crippen LogP contribution in [-0.4, -0.2) is 25.8 Å². The van der Waals surface area contributed by atoms with Crippen molar-refractivity contribution in [3.05, 3.63) is 0 Å². The first-order valence-electron chi connectivity index (χ1n) is 5.52. The Morgan fingerprint density at radius 1 is 1.46 bits per heavy atom. The molecule has 0 saturated carbocycles. The number of hydrogen-bond donors (Lipinski definition) is 1. The van der Waals surface area contributed by atoms with Crippen LogP contribution in [0.2, 0.25) is 0 Å². The summed E-state index contributed by atoms with van der Waals surface area (Å²) in [5, 5.41) is 3.38. The Hall–Kier alpha value is -0.0800. The Morgan fingerprint density at radius 2 is 2.23 bits per heavy atom. The van der Waals surface area contributed by atoms with Gasteiger partial charge in [0.25, 0.3) is 0 Å². The Balaban J connectivity index is 2.11. The van der Waals surface area contributed by atoms with Crippen molar-refractivity contribution in [1.82, 2.24) is 5.32 Å². The molecule has 2 heteroatoms. The maximum absolute atomic E-state index is 5.87. The van der Waals surface area contributed by atoms with Crippen molar-refractivity contribution in [1.29, 1.82) is 0 Å². The molecule has 0 spiro atoms. The highest BCUT2D eigenvalue weighted by Gasteiger charge is 2.21. The molecule has 2 atom stereocenters. The molecule has 0 aromatic rings. The molecular formula is C11H23NO. The molecule has 1 rings (SSSR count). The fourth-order valence-electron chi connectivity index (χ4n) is 1.69. The molecule has 0 aromatic heterocycles. The molecule has 1 saturated heterocycles. The molecule has 0 bridgehead atoms. The van der Waals surface area contributed by atoms with Crippen LogP contribution in [0.5, 0.6) is 0 Å². The zero-order chi connectivity index (χ0) is 9.68. The summed E-state index contributed by atoms with van der Waals surface area (Å²) in [4.78, 5) is 0. The average molecular weight is 185 g/mol. The minimum absolute atomic E-state index is 0.500. The second-order valence-electron chi connectivity index (χ2n) is 4.56. The standard InChI is InChI=1S/C11H23NO/c1-9(2)5-7-13-11-4-6-12-8-10(11)3/h9-12H,4-8H2,1-3H3. The van der Waals surface area contributed by atoms with Crippen LogP contribution in [-0.2, 0) is 4.74 Å². The fourth-order valence-corrected chi connectivity index (χ4v) is 1.69. The van der Waals surface area contributed by atoms with Gasteiger partial charge < -0.3 is 10.1 Å². The molecule has 0 amide bonds. The lowest BCUT2D eigenvalue weighted by Crippen LogP contribution is -2.40. The summed E-state index contributed by atoms with van der Waals surface area (Å²) >= 11 is 0. The van der Waals surface area contributed by atoms with E-state index in [2.05, 4.69) is 26.1 Å². The highest BCUT2D eigenvalue weighted by molar-refractivity contribution is 4.75. The zero-order valence-corrected chi connectivity index (χ0v) is 9.18. The summed E-state index contributed by atoms with van der Waals surface area (Å²) in [6.45, 7) is 9.94. The molecule has 1 aliphatic rings. The van der Waals surface area contributed by atoms with Crippen LogP contribution in [0.4, 0.5) is 0 Å². The minimum atomic E-state index is 0.500. The molecule has 0 radical (unpaired) electrons. The van der Waals surface area contributed by atoms with Crippen LogP contribution in [0.1, 0.15) is 33.6 Å². The van der Waals surface area contributed by atoms with Crippen molar-refractivity contribution < 1.29 is 4.74 Å². The predicted octanol–water partition coefficient (Wildman–Crippen LogP) is 2.05. The third-order valence-electron chi connectivity index (χ3n) is 2.73. The van der Waals surface area contributed by atoms with Gasteiger partial charge >= 0.3 is 0 Å². The van der Waals surface area contributed by atoms with Crippen molar-refractivity contribution >= 4 is 0 Å². The maximum Gasteiger partial charge on any atom is 0.0624 e. The highest BCUT2D eigenvalue weighted by Crippen LogP contribution is 2.15. The van der Waals surface area contributed by atoms with Gasteiger partial charge in [-0.3, -0.25) is 0 Å². The van der Waals surface area contributed by atoms with Gasteiger partial charge in [-0.2, -0.15) is 0 Å². The first-order chi connectivity index (χ1) is 6.20. The monoisotopic (exact) mass is 185 g/mol. The molecule has 1 N–H and O–H groups in total. The smallest absolute Gasteiger partial charge is 0.0624 e. The Morgan fingerprint density at radius 3 is 2.85 bits per heavy atom. The summed E-state index contributed by atoms with van der Waals surface area (Å²) < 4.78 is 5.87. The van der Waals surface area contributed by atoms with E-state index in [9.17, 15) is 0 Å². The summed E-state index contributed by atoms with van der Waals surface area (Å²) in [6.07, 6.45) is 2.87. The van der Waals surface area contributed by atoms with Crippen molar-refractivity contribution in [2.24, 2.45) is 11.8 Å². The molecule has 0 aliphatic carbocycles. The predicted molar refractivity (Wildman–Crippen MR) is 55.8 cm³/mol. The van der Waals surface area contributed by atoms with Gasteiger partial charge in [0.1, 0.15) is 0 Å². The van der Waals surface area contributed by atoms with E-state index in [1.807, 2.05) is 0 Å². The lowest BCUT2D eigenvalue weighted by atomic mass is 9.98. The SMILES string of the molecule is CC(C)CCOC1CCNCC1C. The summed E-state index contributed by atoms with van der Waals surface area (Å²) in [5.74, 6) is 1.44. The molecule has 78 valence electrons. The van der Waals surface area contributed by atoms with E-state index in [0.717, 1.165) is 25.6 Å². The maximum atomic E-state index is 5.87. The Labute approximate surface area is 82.0 Å². The van der Waals surface area contributed by atoms with Gasteiger partial charge in [0, 0.05) is 13.2 Å². The van der Waals surface area contributed by atoms with E-state index in [4.69, 9.17) is 4.74 Å². The van der Waals surface area contributed by atoms with Crippen LogP contribution in [0.25, 0.3) is 0 Å². The lowest BCUT2D eigenvalue weighted by molar-refractivity contribution is -0.00352. The molecule has 2 unspecified atom stereocenters. The third-order valence-corrected chi connectivity index (χ3v) is 2.73. The van der Waals surface area contributed by atoms with Gasteiger partial charge in [-0.1, -0.05) is 20.8 Å². The van der Waals surface area contributed by atoms with E-state index in [1.54, 1.807) is 0 Å². The van der Waals surface area contributed by atoms with E-state index in [-0.39, 0.29) is 0 Å².